The van der Waals surface area contributed by atoms with Crippen molar-refractivity contribution in [3.8, 4) is 0 Å². The lowest BCUT2D eigenvalue weighted by Crippen LogP contribution is -2.07. The monoisotopic (exact) mass is 259 g/mol. The maximum absolute atomic E-state index is 13.4. The molecule has 0 spiro atoms. The third-order valence-corrected chi connectivity index (χ3v) is 2.69. The molecule has 0 saturated heterocycles. The van der Waals surface area contributed by atoms with Crippen LogP contribution in [0.3, 0.4) is 0 Å². The number of anilines is 1. The molecule has 3 nitrogen and oxygen atoms in total. The molecule has 2 aromatic rings. The van der Waals surface area contributed by atoms with Crippen molar-refractivity contribution in [2.24, 2.45) is 0 Å². The summed E-state index contributed by atoms with van der Waals surface area (Å²) < 4.78 is 14.8. The topological polar surface area (TPSA) is 43.8 Å². The molecule has 2 rings (SSSR count). The molecule has 16 heavy (non-hydrogen) atoms. The molecule has 0 fully saturated rings. The van der Waals surface area contributed by atoms with E-state index in [0.717, 1.165) is 0 Å². The summed E-state index contributed by atoms with van der Waals surface area (Å²) in [5.41, 5.74) is 6.07. The summed E-state index contributed by atoms with van der Waals surface area (Å²) in [4.78, 5) is 0. The molecular weight excluding hydrogens is 252 g/mol. The predicted octanol–water partition coefficient (Wildman–Crippen LogP) is 2.96. The van der Waals surface area contributed by atoms with Gasteiger partial charge in [0.15, 0.2) is 0 Å². The molecule has 0 amide bonds. The van der Waals surface area contributed by atoms with Crippen molar-refractivity contribution in [1.29, 1.82) is 0 Å². The fraction of sp³-hybridized carbons (Fsp3) is 0.100. The minimum absolute atomic E-state index is 0.199. The van der Waals surface area contributed by atoms with Crippen molar-refractivity contribution < 1.29 is 4.39 Å². The summed E-state index contributed by atoms with van der Waals surface area (Å²) >= 11 is 11.5. The van der Waals surface area contributed by atoms with E-state index in [1.165, 1.54) is 29.1 Å². The molecule has 0 radical (unpaired) electrons. The largest absolute Gasteiger partial charge is 0.383 e. The average molecular weight is 260 g/mol. The normalized spacial score (nSPS) is 10.7. The molecule has 0 saturated carbocycles. The highest BCUT2D eigenvalue weighted by molar-refractivity contribution is 6.32. The van der Waals surface area contributed by atoms with Crippen molar-refractivity contribution in [3.63, 3.8) is 0 Å². The first-order chi connectivity index (χ1) is 7.58. The van der Waals surface area contributed by atoms with Crippen LogP contribution in [0.4, 0.5) is 10.2 Å². The number of halogens is 3. The Hall–Kier alpha value is -1.26. The summed E-state index contributed by atoms with van der Waals surface area (Å²) in [5, 5.41) is 4.75. The number of rotatable bonds is 2. The maximum atomic E-state index is 13.4. The van der Waals surface area contributed by atoms with Crippen LogP contribution in [-0.4, -0.2) is 9.78 Å². The third-order valence-electron chi connectivity index (χ3n) is 2.16. The van der Waals surface area contributed by atoms with Crippen molar-refractivity contribution >= 4 is 29.0 Å². The van der Waals surface area contributed by atoms with Gasteiger partial charge in [-0.2, -0.15) is 5.10 Å². The molecule has 6 heteroatoms. The maximum Gasteiger partial charge on any atom is 0.140 e. The van der Waals surface area contributed by atoms with E-state index in [2.05, 4.69) is 5.10 Å². The molecule has 0 aliphatic rings. The average Bonchev–Trinajstić information content (AvgIpc) is 2.55. The van der Waals surface area contributed by atoms with Crippen LogP contribution in [0.5, 0.6) is 0 Å². The van der Waals surface area contributed by atoms with Crippen molar-refractivity contribution in [3.05, 3.63) is 45.8 Å². The Morgan fingerprint density at radius 1 is 1.38 bits per heavy atom. The van der Waals surface area contributed by atoms with Gasteiger partial charge >= 0.3 is 0 Å². The standard InChI is InChI=1S/C10H8Cl2FN3/c11-7-1-2-9(13)6(3-7)5-16-10(14)8(12)4-15-16/h1-4H,5,14H2. The smallest absolute Gasteiger partial charge is 0.140 e. The lowest BCUT2D eigenvalue weighted by Gasteiger charge is -2.06. The fourth-order valence-corrected chi connectivity index (χ4v) is 1.66. The predicted molar refractivity (Wildman–Crippen MR) is 62.2 cm³/mol. The highest BCUT2D eigenvalue weighted by Crippen LogP contribution is 2.20. The van der Waals surface area contributed by atoms with E-state index in [1.54, 1.807) is 0 Å². The van der Waals surface area contributed by atoms with Crippen molar-refractivity contribution in [1.82, 2.24) is 9.78 Å². The summed E-state index contributed by atoms with van der Waals surface area (Å²) in [7, 11) is 0. The molecule has 1 heterocycles. The first-order valence-corrected chi connectivity index (χ1v) is 5.24. The van der Waals surface area contributed by atoms with Crippen LogP contribution in [0, 0.1) is 5.82 Å². The van der Waals surface area contributed by atoms with E-state index >= 15 is 0 Å². The van der Waals surface area contributed by atoms with E-state index < -0.39 is 0 Å². The van der Waals surface area contributed by atoms with Gasteiger partial charge in [-0.3, -0.25) is 0 Å². The van der Waals surface area contributed by atoms with Crippen LogP contribution < -0.4 is 5.73 Å². The Morgan fingerprint density at radius 2 is 2.12 bits per heavy atom. The summed E-state index contributed by atoms with van der Waals surface area (Å²) in [5.74, 6) is -0.0449. The van der Waals surface area contributed by atoms with Gasteiger partial charge in [0, 0.05) is 10.6 Å². The fourth-order valence-electron chi connectivity index (χ4n) is 1.32. The van der Waals surface area contributed by atoms with Gasteiger partial charge in [0.25, 0.3) is 0 Å². The zero-order chi connectivity index (χ0) is 11.7. The van der Waals surface area contributed by atoms with Crippen LogP contribution in [0.15, 0.2) is 24.4 Å². The van der Waals surface area contributed by atoms with Crippen LogP contribution in [0.1, 0.15) is 5.56 Å². The molecule has 0 atom stereocenters. The SMILES string of the molecule is Nc1c(Cl)cnn1Cc1cc(Cl)ccc1F. The Morgan fingerprint density at radius 3 is 2.75 bits per heavy atom. The van der Waals surface area contributed by atoms with E-state index in [0.29, 0.717) is 21.4 Å². The molecule has 2 N–H and O–H groups in total. The first-order valence-electron chi connectivity index (χ1n) is 4.48. The van der Waals surface area contributed by atoms with Gasteiger partial charge in [0.05, 0.1) is 12.7 Å². The summed E-state index contributed by atoms with van der Waals surface area (Å²) in [6.07, 6.45) is 1.42. The van der Waals surface area contributed by atoms with E-state index in [-0.39, 0.29) is 12.4 Å². The Labute approximate surface area is 102 Å². The van der Waals surface area contributed by atoms with Crippen LogP contribution >= 0.6 is 23.2 Å². The van der Waals surface area contributed by atoms with Gasteiger partial charge in [-0.05, 0) is 18.2 Å². The lowest BCUT2D eigenvalue weighted by molar-refractivity contribution is 0.587. The van der Waals surface area contributed by atoms with Gasteiger partial charge < -0.3 is 5.73 Å². The number of nitrogens with zero attached hydrogens (tertiary/aromatic N) is 2. The number of benzene rings is 1. The molecule has 0 unspecified atom stereocenters. The quantitative estimate of drug-likeness (QED) is 0.902. The summed E-state index contributed by atoms with van der Waals surface area (Å²) in [6, 6.07) is 4.32. The van der Waals surface area contributed by atoms with Gasteiger partial charge in [0.1, 0.15) is 16.7 Å². The number of nitrogen functional groups attached to an aromatic ring is 1. The zero-order valence-corrected chi connectivity index (χ0v) is 9.63. The van der Waals surface area contributed by atoms with Gasteiger partial charge in [0.2, 0.25) is 0 Å². The zero-order valence-electron chi connectivity index (χ0n) is 8.12. The minimum Gasteiger partial charge on any atom is -0.383 e. The second kappa shape index (κ2) is 4.31. The number of hydrogen-bond donors (Lipinski definition) is 1. The molecule has 84 valence electrons. The second-order valence-corrected chi connectivity index (χ2v) is 4.11. The van der Waals surface area contributed by atoms with Crippen LogP contribution in [-0.2, 0) is 6.54 Å². The molecule has 1 aromatic heterocycles. The lowest BCUT2D eigenvalue weighted by atomic mass is 10.2. The summed E-state index contributed by atoms with van der Waals surface area (Å²) in [6.45, 7) is 0.199. The van der Waals surface area contributed by atoms with Crippen LogP contribution in [0.25, 0.3) is 0 Å². The van der Waals surface area contributed by atoms with Gasteiger partial charge in [-0.1, -0.05) is 23.2 Å². The highest BCUT2D eigenvalue weighted by Gasteiger charge is 2.08. The number of aromatic nitrogens is 2. The second-order valence-electron chi connectivity index (χ2n) is 3.27. The number of nitrogens with two attached hydrogens (primary N) is 1. The molecular formula is C10H8Cl2FN3. The van der Waals surface area contributed by atoms with Crippen molar-refractivity contribution in [2.75, 3.05) is 5.73 Å². The Bertz CT molecular complexity index is 525. The van der Waals surface area contributed by atoms with Crippen LogP contribution in [0.2, 0.25) is 10.0 Å². The molecule has 0 bridgehead atoms. The Balaban J connectivity index is 2.33. The molecule has 1 aromatic carbocycles. The first kappa shape index (κ1) is 11.2. The van der Waals surface area contributed by atoms with Gasteiger partial charge in [-0.25, -0.2) is 9.07 Å². The number of hydrogen-bond acceptors (Lipinski definition) is 2. The molecule has 0 aliphatic heterocycles. The highest BCUT2D eigenvalue weighted by atomic mass is 35.5. The third kappa shape index (κ3) is 2.13. The molecule has 0 aliphatic carbocycles. The van der Waals surface area contributed by atoms with E-state index in [1.807, 2.05) is 0 Å². The van der Waals surface area contributed by atoms with Crippen molar-refractivity contribution in [2.45, 2.75) is 6.54 Å². The van der Waals surface area contributed by atoms with E-state index in [4.69, 9.17) is 28.9 Å². The van der Waals surface area contributed by atoms with Gasteiger partial charge in [-0.15, -0.1) is 0 Å². The Kier molecular flexibility index (Phi) is 3.03. The van der Waals surface area contributed by atoms with E-state index in [9.17, 15) is 4.39 Å². The minimum atomic E-state index is -0.351.